The van der Waals surface area contributed by atoms with Gasteiger partial charge in [0.25, 0.3) is 0 Å². The first-order valence-corrected chi connectivity index (χ1v) is 7.43. The lowest BCUT2D eigenvalue weighted by Gasteiger charge is -2.29. The summed E-state index contributed by atoms with van der Waals surface area (Å²) in [6, 6.07) is 0.0209. The van der Waals surface area contributed by atoms with Crippen LogP contribution in [0.15, 0.2) is 0 Å². The third-order valence-electron chi connectivity index (χ3n) is 3.26. The van der Waals surface area contributed by atoms with Crippen LogP contribution >= 0.6 is 0 Å². The molecule has 0 aromatic heterocycles. The molecule has 1 atom stereocenters. The summed E-state index contributed by atoms with van der Waals surface area (Å²) in [5, 5.41) is 0. The minimum absolute atomic E-state index is 0.0209. The quantitative estimate of drug-likeness (QED) is 0.606. The van der Waals surface area contributed by atoms with Crippen LogP contribution < -0.4 is 0 Å². The van der Waals surface area contributed by atoms with Gasteiger partial charge >= 0.3 is 5.97 Å². The Morgan fingerprint density at radius 2 is 1.79 bits per heavy atom. The van der Waals surface area contributed by atoms with Crippen molar-refractivity contribution < 1.29 is 14.3 Å². The Balaban J connectivity index is 4.66. The Bertz CT molecular complexity index is 277. The van der Waals surface area contributed by atoms with Gasteiger partial charge < -0.3 is 9.64 Å². The van der Waals surface area contributed by atoms with Crippen LogP contribution in [0, 0.1) is 5.92 Å². The van der Waals surface area contributed by atoms with E-state index in [1.54, 1.807) is 11.8 Å². The highest BCUT2D eigenvalue weighted by molar-refractivity contribution is 5.83. The molecule has 0 radical (unpaired) electrons. The number of unbranched alkanes of at least 4 members (excludes halogenated alkanes) is 1. The molecule has 0 aromatic rings. The molecule has 0 fully saturated rings. The van der Waals surface area contributed by atoms with E-state index in [1.165, 1.54) is 0 Å². The summed E-state index contributed by atoms with van der Waals surface area (Å²) in [7, 11) is 0. The summed E-state index contributed by atoms with van der Waals surface area (Å²) >= 11 is 0. The van der Waals surface area contributed by atoms with Crippen molar-refractivity contribution in [3.05, 3.63) is 0 Å². The van der Waals surface area contributed by atoms with Crippen LogP contribution in [-0.2, 0) is 14.3 Å². The van der Waals surface area contributed by atoms with Crippen LogP contribution in [0.2, 0.25) is 0 Å². The molecule has 1 amide bonds. The number of carbonyl (C=O) groups excluding carboxylic acids is 2. The summed E-state index contributed by atoms with van der Waals surface area (Å²) < 4.78 is 4.93. The van der Waals surface area contributed by atoms with E-state index in [0.717, 1.165) is 25.7 Å². The Hall–Kier alpha value is -1.06. The average molecular weight is 271 g/mol. The van der Waals surface area contributed by atoms with Crippen molar-refractivity contribution in [1.29, 1.82) is 0 Å². The third-order valence-corrected chi connectivity index (χ3v) is 3.26. The highest BCUT2D eigenvalue weighted by atomic mass is 16.5. The molecule has 0 N–H and O–H groups in total. The summed E-state index contributed by atoms with van der Waals surface area (Å²) in [6.07, 6.45) is 3.86. The van der Waals surface area contributed by atoms with Gasteiger partial charge in [-0.05, 0) is 33.6 Å². The minimum atomic E-state index is -0.324. The van der Waals surface area contributed by atoms with Crippen molar-refractivity contribution in [2.24, 2.45) is 5.92 Å². The first kappa shape index (κ1) is 17.9. The third kappa shape index (κ3) is 6.60. The number of nitrogens with zero attached hydrogens (tertiary/aromatic N) is 1. The molecule has 0 heterocycles. The fraction of sp³-hybridized carbons (Fsp3) is 0.867. The van der Waals surface area contributed by atoms with Crippen molar-refractivity contribution >= 4 is 11.9 Å². The molecule has 19 heavy (non-hydrogen) atoms. The second kappa shape index (κ2) is 9.82. The smallest absolute Gasteiger partial charge is 0.325 e. The molecule has 4 heteroatoms. The highest BCUT2D eigenvalue weighted by Gasteiger charge is 2.26. The van der Waals surface area contributed by atoms with Crippen LogP contribution in [0.1, 0.15) is 60.3 Å². The van der Waals surface area contributed by atoms with E-state index in [1.807, 2.05) is 20.8 Å². The van der Waals surface area contributed by atoms with Crippen molar-refractivity contribution in [2.75, 3.05) is 13.2 Å². The van der Waals surface area contributed by atoms with Gasteiger partial charge in [-0.2, -0.15) is 0 Å². The van der Waals surface area contributed by atoms with Crippen molar-refractivity contribution in [3.63, 3.8) is 0 Å². The number of ether oxygens (including phenoxy) is 1. The summed E-state index contributed by atoms with van der Waals surface area (Å²) in [4.78, 5) is 25.7. The molecular weight excluding hydrogens is 242 g/mol. The highest BCUT2D eigenvalue weighted by Crippen LogP contribution is 2.17. The molecule has 112 valence electrons. The molecule has 4 nitrogen and oxygen atoms in total. The molecule has 0 bridgehead atoms. The molecule has 1 unspecified atom stereocenters. The van der Waals surface area contributed by atoms with Gasteiger partial charge in [0.15, 0.2) is 0 Å². The number of hydrogen-bond acceptors (Lipinski definition) is 3. The van der Waals surface area contributed by atoms with Crippen LogP contribution in [0.5, 0.6) is 0 Å². The van der Waals surface area contributed by atoms with E-state index in [4.69, 9.17) is 4.74 Å². The van der Waals surface area contributed by atoms with E-state index < -0.39 is 0 Å². The zero-order valence-electron chi connectivity index (χ0n) is 13.1. The van der Waals surface area contributed by atoms with Gasteiger partial charge in [-0.25, -0.2) is 0 Å². The molecule has 0 aliphatic rings. The number of amides is 1. The fourth-order valence-corrected chi connectivity index (χ4v) is 2.05. The summed E-state index contributed by atoms with van der Waals surface area (Å²) in [5.41, 5.74) is 0. The van der Waals surface area contributed by atoms with Gasteiger partial charge in [0.05, 0.1) is 6.61 Å². The maximum Gasteiger partial charge on any atom is 0.325 e. The van der Waals surface area contributed by atoms with Crippen molar-refractivity contribution in [2.45, 2.75) is 66.3 Å². The Morgan fingerprint density at radius 3 is 2.21 bits per heavy atom. The first-order valence-electron chi connectivity index (χ1n) is 7.43. The van der Waals surface area contributed by atoms with Crippen LogP contribution in [0.4, 0.5) is 0 Å². The zero-order valence-corrected chi connectivity index (χ0v) is 13.1. The van der Waals surface area contributed by atoms with E-state index in [0.29, 0.717) is 6.61 Å². The van der Waals surface area contributed by atoms with Crippen molar-refractivity contribution in [3.8, 4) is 0 Å². The Kier molecular flexibility index (Phi) is 9.27. The monoisotopic (exact) mass is 271 g/mol. The summed E-state index contributed by atoms with van der Waals surface area (Å²) in [5.74, 6) is -0.217. The molecule has 0 aromatic carbocycles. The van der Waals surface area contributed by atoms with Gasteiger partial charge in [-0.15, -0.1) is 0 Å². The van der Waals surface area contributed by atoms with Crippen LogP contribution in [0.3, 0.4) is 0 Å². The van der Waals surface area contributed by atoms with Crippen molar-refractivity contribution in [1.82, 2.24) is 4.90 Å². The summed E-state index contributed by atoms with van der Waals surface area (Å²) in [6.45, 7) is 10.2. The standard InChI is InChI=1S/C15H29NO3/c1-6-9-10-13(7-2)15(18)16(12(4)5)11-14(17)19-8-3/h12-13H,6-11H2,1-5H3. The normalized spacial score (nSPS) is 12.3. The zero-order chi connectivity index (χ0) is 14.8. The topological polar surface area (TPSA) is 46.6 Å². The molecule has 0 saturated carbocycles. The lowest BCUT2D eigenvalue weighted by molar-refractivity contribution is -0.151. The SMILES string of the molecule is CCCCC(CC)C(=O)N(CC(=O)OCC)C(C)C. The second-order valence-corrected chi connectivity index (χ2v) is 5.11. The van der Waals surface area contributed by atoms with Crippen LogP contribution in [0.25, 0.3) is 0 Å². The van der Waals surface area contributed by atoms with E-state index in [2.05, 4.69) is 6.92 Å². The number of hydrogen-bond donors (Lipinski definition) is 0. The van der Waals surface area contributed by atoms with E-state index in [9.17, 15) is 9.59 Å². The molecule has 0 aliphatic heterocycles. The van der Waals surface area contributed by atoms with Crippen LogP contribution in [-0.4, -0.2) is 36.0 Å². The van der Waals surface area contributed by atoms with E-state index >= 15 is 0 Å². The molecule has 0 rings (SSSR count). The molecular formula is C15H29NO3. The lowest BCUT2D eigenvalue weighted by atomic mass is 9.97. The Labute approximate surface area is 117 Å². The lowest BCUT2D eigenvalue weighted by Crippen LogP contribution is -2.44. The second-order valence-electron chi connectivity index (χ2n) is 5.11. The molecule has 0 spiro atoms. The number of rotatable bonds is 9. The largest absolute Gasteiger partial charge is 0.465 e. The van der Waals surface area contributed by atoms with E-state index in [-0.39, 0.29) is 30.4 Å². The Morgan fingerprint density at radius 1 is 1.16 bits per heavy atom. The first-order chi connectivity index (χ1) is 8.97. The fourth-order valence-electron chi connectivity index (χ4n) is 2.05. The number of carbonyl (C=O) groups is 2. The average Bonchev–Trinajstić information content (AvgIpc) is 2.36. The predicted octanol–water partition coefficient (Wildman–Crippen LogP) is 3.00. The maximum atomic E-state index is 12.5. The van der Waals surface area contributed by atoms with Gasteiger partial charge in [-0.3, -0.25) is 9.59 Å². The maximum absolute atomic E-state index is 12.5. The number of esters is 1. The van der Waals surface area contributed by atoms with Gasteiger partial charge in [0.1, 0.15) is 6.54 Å². The predicted molar refractivity (Wildman–Crippen MR) is 76.8 cm³/mol. The van der Waals surface area contributed by atoms with Gasteiger partial charge in [-0.1, -0.05) is 26.7 Å². The van der Waals surface area contributed by atoms with Gasteiger partial charge in [0, 0.05) is 12.0 Å². The minimum Gasteiger partial charge on any atom is -0.465 e. The molecule has 0 saturated heterocycles. The van der Waals surface area contributed by atoms with Gasteiger partial charge in [0.2, 0.25) is 5.91 Å². The molecule has 0 aliphatic carbocycles.